The van der Waals surface area contributed by atoms with Gasteiger partial charge in [0.1, 0.15) is 6.04 Å². The van der Waals surface area contributed by atoms with Gasteiger partial charge >= 0.3 is 6.18 Å². The van der Waals surface area contributed by atoms with Gasteiger partial charge in [-0.1, -0.05) is 12.1 Å². The molecule has 1 aliphatic rings. The van der Waals surface area contributed by atoms with E-state index in [4.69, 9.17) is 0 Å². The third-order valence-corrected chi connectivity index (χ3v) is 4.90. The number of piperazine rings is 1. The molecule has 1 N–H and O–H groups in total. The van der Waals surface area contributed by atoms with E-state index in [9.17, 15) is 18.0 Å². The summed E-state index contributed by atoms with van der Waals surface area (Å²) in [4.78, 5) is 21.1. The van der Waals surface area contributed by atoms with Gasteiger partial charge in [-0.25, -0.2) is 0 Å². The van der Waals surface area contributed by atoms with E-state index in [1.807, 2.05) is 17.0 Å². The molecule has 9 heteroatoms. The van der Waals surface area contributed by atoms with Crippen molar-refractivity contribution < 1.29 is 18.0 Å². The van der Waals surface area contributed by atoms with Crippen LogP contribution in [0.3, 0.4) is 0 Å². The molecule has 1 atom stereocenters. The maximum absolute atomic E-state index is 12.9. The summed E-state index contributed by atoms with van der Waals surface area (Å²) >= 11 is 0. The van der Waals surface area contributed by atoms with E-state index in [1.54, 1.807) is 33.3 Å². The number of hydrogen-bond acceptors (Lipinski definition) is 3. The molecule has 1 aromatic rings. The second-order valence-corrected chi connectivity index (χ2v) is 7.04. The van der Waals surface area contributed by atoms with Crippen molar-refractivity contribution in [2.45, 2.75) is 25.7 Å². The van der Waals surface area contributed by atoms with Crippen LogP contribution in [0.1, 0.15) is 22.8 Å². The minimum absolute atomic E-state index is 0.0544. The molecule has 1 amide bonds. The molecule has 156 valence electrons. The monoisotopic (exact) mass is 399 g/mol. The molecule has 0 spiro atoms. The van der Waals surface area contributed by atoms with Crippen LogP contribution in [0.25, 0.3) is 0 Å². The van der Waals surface area contributed by atoms with Crippen LogP contribution < -0.4 is 5.32 Å². The highest BCUT2D eigenvalue weighted by molar-refractivity contribution is 5.93. The van der Waals surface area contributed by atoms with E-state index in [0.29, 0.717) is 44.2 Å². The lowest BCUT2D eigenvalue weighted by Gasteiger charge is -2.39. The van der Waals surface area contributed by atoms with Crippen molar-refractivity contribution in [3.05, 3.63) is 35.4 Å². The largest absolute Gasteiger partial charge is 0.403 e. The van der Waals surface area contributed by atoms with Gasteiger partial charge in [-0.15, -0.1) is 0 Å². The lowest BCUT2D eigenvalue weighted by Crippen LogP contribution is -2.56. The van der Waals surface area contributed by atoms with Crippen molar-refractivity contribution in [2.24, 2.45) is 4.99 Å². The van der Waals surface area contributed by atoms with Crippen LogP contribution in [0.2, 0.25) is 0 Å². The quantitative estimate of drug-likeness (QED) is 0.622. The Morgan fingerprint density at radius 2 is 1.75 bits per heavy atom. The van der Waals surface area contributed by atoms with Gasteiger partial charge in [0, 0.05) is 59.4 Å². The fraction of sp³-hybridized carbons (Fsp3) is 0.579. The number of carbonyl (C=O) groups is 1. The van der Waals surface area contributed by atoms with Gasteiger partial charge in [0.2, 0.25) is 0 Å². The average Bonchev–Trinajstić information content (AvgIpc) is 2.67. The predicted molar refractivity (Wildman–Crippen MR) is 103 cm³/mol. The summed E-state index contributed by atoms with van der Waals surface area (Å²) in [6.07, 6.45) is -4.21. The van der Waals surface area contributed by atoms with E-state index < -0.39 is 12.2 Å². The van der Waals surface area contributed by atoms with E-state index in [-0.39, 0.29) is 5.91 Å². The summed E-state index contributed by atoms with van der Waals surface area (Å²) in [5.41, 5.74) is 1.61. The lowest BCUT2D eigenvalue weighted by atomic mass is 10.1. The van der Waals surface area contributed by atoms with Gasteiger partial charge < -0.3 is 15.1 Å². The normalized spacial score (nSPS) is 17.4. The predicted octanol–water partition coefficient (Wildman–Crippen LogP) is 2.03. The summed E-state index contributed by atoms with van der Waals surface area (Å²) in [6, 6.07) is 5.87. The molecular formula is C19H28F3N5O. The van der Waals surface area contributed by atoms with Gasteiger partial charge in [-0.3, -0.25) is 14.7 Å². The first-order valence-corrected chi connectivity index (χ1v) is 9.20. The minimum Gasteiger partial charge on any atom is -0.352 e. The molecule has 0 bridgehead atoms. The zero-order valence-corrected chi connectivity index (χ0v) is 16.8. The zero-order chi connectivity index (χ0) is 20.9. The van der Waals surface area contributed by atoms with E-state index in [0.717, 1.165) is 5.56 Å². The molecule has 28 heavy (non-hydrogen) atoms. The molecule has 1 aliphatic heterocycles. The Hall–Kier alpha value is -2.29. The summed E-state index contributed by atoms with van der Waals surface area (Å²) < 4.78 is 38.6. The number of nitrogens with one attached hydrogen (secondary N) is 1. The second-order valence-electron chi connectivity index (χ2n) is 7.04. The molecule has 0 radical (unpaired) electrons. The Balaban J connectivity index is 1.88. The second kappa shape index (κ2) is 9.27. The number of benzene rings is 1. The molecule has 0 saturated carbocycles. The number of alkyl halides is 3. The van der Waals surface area contributed by atoms with E-state index >= 15 is 0 Å². The number of amides is 1. The first-order valence-electron chi connectivity index (χ1n) is 9.20. The van der Waals surface area contributed by atoms with Gasteiger partial charge in [0.15, 0.2) is 5.96 Å². The van der Waals surface area contributed by atoms with Crippen molar-refractivity contribution in [3.8, 4) is 0 Å². The van der Waals surface area contributed by atoms with Gasteiger partial charge in [0.05, 0.1) is 0 Å². The topological polar surface area (TPSA) is 51.2 Å². The molecule has 1 unspecified atom stereocenters. The maximum atomic E-state index is 12.9. The van der Waals surface area contributed by atoms with E-state index in [1.165, 1.54) is 16.7 Å². The molecule has 1 heterocycles. The van der Waals surface area contributed by atoms with Crippen LogP contribution >= 0.6 is 0 Å². The van der Waals surface area contributed by atoms with Crippen LogP contribution in [0.4, 0.5) is 13.2 Å². The van der Waals surface area contributed by atoms with E-state index in [2.05, 4.69) is 10.3 Å². The highest BCUT2D eigenvalue weighted by Crippen LogP contribution is 2.25. The SMILES string of the molecule is CN=C(NCc1ccc(C(=O)N(C)C)cc1)N1CCN(C(C)C(F)(F)F)CC1. The third kappa shape index (κ3) is 5.60. The molecule has 1 fully saturated rings. The Labute approximate surface area is 164 Å². The first-order chi connectivity index (χ1) is 13.1. The molecular weight excluding hydrogens is 371 g/mol. The Kier molecular flexibility index (Phi) is 7.29. The average molecular weight is 399 g/mol. The van der Waals surface area contributed by atoms with Gasteiger partial charge in [-0.2, -0.15) is 13.2 Å². The Bertz CT molecular complexity index is 680. The fourth-order valence-electron chi connectivity index (χ4n) is 3.06. The van der Waals surface area contributed by atoms with Crippen LogP contribution in [-0.2, 0) is 6.54 Å². The molecule has 0 aliphatic carbocycles. The van der Waals surface area contributed by atoms with Crippen LogP contribution in [-0.4, -0.2) is 86.1 Å². The van der Waals surface area contributed by atoms with Crippen molar-refractivity contribution in [1.29, 1.82) is 0 Å². The van der Waals surface area contributed by atoms with Crippen LogP contribution in [0.5, 0.6) is 0 Å². The number of guanidine groups is 1. The molecule has 2 rings (SSSR count). The van der Waals surface area contributed by atoms with Gasteiger partial charge in [0.25, 0.3) is 5.91 Å². The number of aliphatic imine (C=N–C) groups is 1. The van der Waals surface area contributed by atoms with Crippen molar-refractivity contribution in [3.63, 3.8) is 0 Å². The smallest absolute Gasteiger partial charge is 0.352 e. The highest BCUT2D eigenvalue weighted by atomic mass is 19.4. The summed E-state index contributed by atoms with van der Waals surface area (Å²) in [5, 5.41) is 3.24. The molecule has 0 aromatic heterocycles. The summed E-state index contributed by atoms with van der Waals surface area (Å²) in [7, 11) is 5.07. The number of hydrogen-bond donors (Lipinski definition) is 1. The fourth-order valence-corrected chi connectivity index (χ4v) is 3.06. The highest BCUT2D eigenvalue weighted by Gasteiger charge is 2.41. The zero-order valence-electron chi connectivity index (χ0n) is 16.8. The standard InChI is InChI=1S/C19H28F3N5O/c1-14(19(20,21)22)26-9-11-27(12-10-26)18(23-2)24-13-15-5-7-16(8-6-15)17(28)25(3)4/h5-8,14H,9-13H2,1-4H3,(H,23,24). The number of carbonyl (C=O) groups excluding carboxylic acids is 1. The number of nitrogens with zero attached hydrogens (tertiary/aromatic N) is 4. The minimum atomic E-state index is -4.21. The maximum Gasteiger partial charge on any atom is 0.403 e. The third-order valence-electron chi connectivity index (χ3n) is 4.90. The Morgan fingerprint density at radius 3 is 2.21 bits per heavy atom. The van der Waals surface area contributed by atoms with Gasteiger partial charge in [-0.05, 0) is 24.6 Å². The summed E-state index contributed by atoms with van der Waals surface area (Å²) in [6.45, 7) is 3.36. The van der Waals surface area contributed by atoms with Crippen molar-refractivity contribution in [2.75, 3.05) is 47.3 Å². The van der Waals surface area contributed by atoms with Crippen molar-refractivity contribution in [1.82, 2.24) is 20.0 Å². The summed E-state index contributed by atoms with van der Waals surface area (Å²) in [5.74, 6) is 0.606. The number of rotatable bonds is 4. The van der Waals surface area contributed by atoms with Crippen LogP contribution in [0.15, 0.2) is 29.3 Å². The molecule has 1 aromatic carbocycles. The lowest BCUT2D eigenvalue weighted by molar-refractivity contribution is -0.181. The molecule has 1 saturated heterocycles. The molecule has 6 nitrogen and oxygen atoms in total. The Morgan fingerprint density at radius 1 is 1.18 bits per heavy atom. The van der Waals surface area contributed by atoms with Crippen molar-refractivity contribution >= 4 is 11.9 Å². The first kappa shape index (κ1) is 22.0. The number of halogens is 3. The van der Waals surface area contributed by atoms with Crippen LogP contribution in [0, 0.1) is 0 Å².